The number of hydrogen-bond acceptors (Lipinski definition) is 4. The lowest BCUT2D eigenvalue weighted by atomic mass is 9.80. The van der Waals surface area contributed by atoms with Crippen molar-refractivity contribution in [3.8, 4) is 0 Å². The van der Waals surface area contributed by atoms with Gasteiger partial charge in [0.15, 0.2) is 5.82 Å². The van der Waals surface area contributed by atoms with E-state index in [0.29, 0.717) is 17.9 Å². The molecule has 2 aliphatic rings. The zero-order chi connectivity index (χ0) is 14.7. The van der Waals surface area contributed by atoms with Crippen LogP contribution >= 0.6 is 0 Å². The van der Waals surface area contributed by atoms with Crippen molar-refractivity contribution >= 4 is 0 Å². The fraction of sp³-hybridized carbons (Fsp3) is 0.882. The van der Waals surface area contributed by atoms with Crippen molar-refractivity contribution in [2.24, 2.45) is 11.7 Å². The molecule has 0 aromatic carbocycles. The highest BCUT2D eigenvalue weighted by atomic mass is 16.5. The third-order valence-corrected chi connectivity index (χ3v) is 5.43. The van der Waals surface area contributed by atoms with E-state index in [1.807, 2.05) is 0 Å². The van der Waals surface area contributed by atoms with E-state index in [2.05, 4.69) is 12.1 Å². The Balaban J connectivity index is 1.58. The molecule has 2 unspecified atom stereocenters. The van der Waals surface area contributed by atoms with Gasteiger partial charge in [-0.1, -0.05) is 31.3 Å². The molecule has 2 fully saturated rings. The Labute approximate surface area is 127 Å². The Hall–Kier alpha value is -0.900. The van der Waals surface area contributed by atoms with E-state index in [9.17, 15) is 0 Å². The molecular weight excluding hydrogens is 262 g/mol. The predicted octanol–water partition coefficient (Wildman–Crippen LogP) is 4.13. The van der Waals surface area contributed by atoms with E-state index >= 15 is 0 Å². The minimum Gasteiger partial charge on any atom is -0.339 e. The lowest BCUT2D eigenvalue weighted by molar-refractivity contribution is 0.284. The topological polar surface area (TPSA) is 64.9 Å². The Kier molecular flexibility index (Phi) is 4.94. The van der Waals surface area contributed by atoms with Gasteiger partial charge in [-0.25, -0.2) is 0 Å². The first kappa shape index (κ1) is 15.0. The lowest BCUT2D eigenvalue weighted by Crippen LogP contribution is -2.27. The van der Waals surface area contributed by atoms with Crippen LogP contribution in [0.1, 0.15) is 94.7 Å². The summed E-state index contributed by atoms with van der Waals surface area (Å²) in [4.78, 5) is 4.73. The van der Waals surface area contributed by atoms with E-state index in [1.165, 1.54) is 44.9 Å². The number of nitrogens with zero attached hydrogens (tertiary/aromatic N) is 2. The number of nitrogens with two attached hydrogens (primary N) is 1. The van der Waals surface area contributed by atoms with Gasteiger partial charge in [-0.15, -0.1) is 0 Å². The van der Waals surface area contributed by atoms with Crippen LogP contribution < -0.4 is 5.73 Å². The van der Waals surface area contributed by atoms with Gasteiger partial charge in [-0.05, 0) is 50.9 Å². The largest absolute Gasteiger partial charge is 0.339 e. The van der Waals surface area contributed by atoms with Crippen LogP contribution in [0.25, 0.3) is 0 Å². The Morgan fingerprint density at radius 3 is 2.62 bits per heavy atom. The van der Waals surface area contributed by atoms with Crippen molar-refractivity contribution in [2.45, 2.75) is 89.0 Å². The van der Waals surface area contributed by atoms with Crippen LogP contribution in [0.2, 0.25) is 0 Å². The maximum atomic E-state index is 6.07. The first-order chi connectivity index (χ1) is 10.3. The second-order valence-corrected chi connectivity index (χ2v) is 7.12. The molecule has 0 spiro atoms. The molecule has 2 N–H and O–H groups in total. The molecule has 2 aliphatic carbocycles. The van der Waals surface area contributed by atoms with Crippen molar-refractivity contribution in [1.29, 1.82) is 0 Å². The summed E-state index contributed by atoms with van der Waals surface area (Å²) in [6, 6.07) is 0.309. The molecule has 1 aromatic rings. The van der Waals surface area contributed by atoms with Crippen LogP contribution in [0.3, 0.4) is 0 Å². The molecule has 1 heterocycles. The standard InChI is InChI=1S/C17H29N3O/c1-2-4-12-7-9-13(10-8-12)16-19-17(21-20-16)14-5-3-6-15(18)11-14/h12-15H,2-11,18H2,1H3. The van der Waals surface area contributed by atoms with E-state index in [1.54, 1.807) is 0 Å². The first-order valence-electron chi connectivity index (χ1n) is 8.85. The summed E-state index contributed by atoms with van der Waals surface area (Å²) in [6.45, 7) is 2.28. The van der Waals surface area contributed by atoms with Gasteiger partial charge in [-0.3, -0.25) is 0 Å². The molecule has 0 amide bonds. The van der Waals surface area contributed by atoms with Gasteiger partial charge in [0.25, 0.3) is 0 Å². The van der Waals surface area contributed by atoms with E-state index < -0.39 is 0 Å². The van der Waals surface area contributed by atoms with Gasteiger partial charge >= 0.3 is 0 Å². The normalized spacial score (nSPS) is 34.0. The number of rotatable bonds is 4. The Morgan fingerprint density at radius 2 is 1.90 bits per heavy atom. The second-order valence-electron chi connectivity index (χ2n) is 7.12. The van der Waals surface area contributed by atoms with Gasteiger partial charge in [0.05, 0.1) is 0 Å². The second kappa shape index (κ2) is 6.91. The summed E-state index contributed by atoms with van der Waals surface area (Å²) in [5, 5.41) is 4.28. The SMILES string of the molecule is CCCC1CCC(c2noc(C3CCCC(N)C3)n2)CC1. The molecule has 2 atom stereocenters. The smallest absolute Gasteiger partial charge is 0.229 e. The third kappa shape index (κ3) is 3.65. The monoisotopic (exact) mass is 291 g/mol. The molecule has 2 saturated carbocycles. The van der Waals surface area contributed by atoms with Crippen LogP contribution in [0, 0.1) is 5.92 Å². The van der Waals surface area contributed by atoms with Crippen molar-refractivity contribution in [3.63, 3.8) is 0 Å². The van der Waals surface area contributed by atoms with E-state index in [-0.39, 0.29) is 0 Å². The van der Waals surface area contributed by atoms with Crippen molar-refractivity contribution in [3.05, 3.63) is 11.7 Å². The highest BCUT2D eigenvalue weighted by Crippen LogP contribution is 2.37. The van der Waals surface area contributed by atoms with E-state index in [4.69, 9.17) is 15.2 Å². The molecule has 3 rings (SSSR count). The maximum Gasteiger partial charge on any atom is 0.229 e. The summed E-state index contributed by atoms with van der Waals surface area (Å²) in [5.74, 6) is 3.64. The summed E-state index contributed by atoms with van der Waals surface area (Å²) >= 11 is 0. The highest BCUT2D eigenvalue weighted by molar-refractivity contribution is 5.02. The van der Waals surface area contributed by atoms with Crippen LogP contribution in [-0.2, 0) is 0 Å². The summed E-state index contributed by atoms with van der Waals surface area (Å²) < 4.78 is 5.56. The Morgan fingerprint density at radius 1 is 1.10 bits per heavy atom. The minimum atomic E-state index is 0.309. The average molecular weight is 291 g/mol. The van der Waals surface area contributed by atoms with Gasteiger partial charge < -0.3 is 10.3 Å². The molecule has 21 heavy (non-hydrogen) atoms. The summed E-state index contributed by atoms with van der Waals surface area (Å²) in [5.41, 5.74) is 6.07. The van der Waals surface area contributed by atoms with Crippen LogP contribution in [0.5, 0.6) is 0 Å². The van der Waals surface area contributed by atoms with E-state index in [0.717, 1.165) is 36.9 Å². The predicted molar refractivity (Wildman–Crippen MR) is 83.1 cm³/mol. The molecule has 0 bridgehead atoms. The van der Waals surface area contributed by atoms with Gasteiger partial charge in [0.1, 0.15) is 0 Å². The molecule has 0 radical (unpaired) electrons. The molecule has 4 heteroatoms. The van der Waals surface area contributed by atoms with Crippen molar-refractivity contribution in [2.75, 3.05) is 0 Å². The number of hydrogen-bond donors (Lipinski definition) is 1. The fourth-order valence-corrected chi connectivity index (χ4v) is 4.15. The molecular formula is C17H29N3O. The molecule has 0 aliphatic heterocycles. The third-order valence-electron chi connectivity index (χ3n) is 5.43. The van der Waals surface area contributed by atoms with Crippen LogP contribution in [-0.4, -0.2) is 16.2 Å². The fourth-order valence-electron chi connectivity index (χ4n) is 4.15. The summed E-state index contributed by atoms with van der Waals surface area (Å²) in [6.07, 6.45) is 12.3. The van der Waals surface area contributed by atoms with Crippen LogP contribution in [0.15, 0.2) is 4.52 Å². The zero-order valence-electron chi connectivity index (χ0n) is 13.3. The molecule has 0 saturated heterocycles. The average Bonchev–Trinajstić information content (AvgIpc) is 2.98. The number of aromatic nitrogens is 2. The first-order valence-corrected chi connectivity index (χ1v) is 8.85. The molecule has 1 aromatic heterocycles. The van der Waals surface area contributed by atoms with Gasteiger partial charge in [-0.2, -0.15) is 4.98 Å². The zero-order valence-corrected chi connectivity index (χ0v) is 13.3. The van der Waals surface area contributed by atoms with Crippen molar-refractivity contribution < 1.29 is 4.52 Å². The van der Waals surface area contributed by atoms with Crippen molar-refractivity contribution in [1.82, 2.24) is 10.1 Å². The molecule has 118 valence electrons. The molecule has 4 nitrogen and oxygen atoms in total. The van der Waals surface area contributed by atoms with Gasteiger partial charge in [0.2, 0.25) is 5.89 Å². The quantitative estimate of drug-likeness (QED) is 0.906. The van der Waals surface area contributed by atoms with Gasteiger partial charge in [0, 0.05) is 17.9 Å². The minimum absolute atomic E-state index is 0.309. The maximum absolute atomic E-state index is 6.07. The Bertz CT molecular complexity index is 437. The lowest BCUT2D eigenvalue weighted by Gasteiger charge is -2.26. The van der Waals surface area contributed by atoms with Crippen LogP contribution in [0.4, 0.5) is 0 Å². The highest BCUT2D eigenvalue weighted by Gasteiger charge is 2.29. The summed E-state index contributed by atoms with van der Waals surface area (Å²) in [7, 11) is 0.